The highest BCUT2D eigenvalue weighted by Gasteiger charge is 2.27. The molecule has 1 saturated carbocycles. The van der Waals surface area contributed by atoms with Crippen LogP contribution in [0, 0.1) is 0 Å². The SMILES string of the molecule is CC(C)(NCC(=O)NC1CCCCC1)C(=O)O. The zero-order chi connectivity index (χ0) is 12.9. The Kier molecular flexibility index (Phi) is 4.93. The van der Waals surface area contributed by atoms with Crippen molar-refractivity contribution >= 4 is 11.9 Å². The molecule has 5 heteroatoms. The van der Waals surface area contributed by atoms with Crippen molar-refractivity contribution < 1.29 is 14.7 Å². The Hall–Kier alpha value is -1.10. The number of hydrogen-bond acceptors (Lipinski definition) is 3. The summed E-state index contributed by atoms with van der Waals surface area (Å²) in [4.78, 5) is 22.4. The van der Waals surface area contributed by atoms with E-state index < -0.39 is 11.5 Å². The first-order valence-electron chi connectivity index (χ1n) is 6.19. The second kappa shape index (κ2) is 6.00. The van der Waals surface area contributed by atoms with Crippen molar-refractivity contribution in [2.45, 2.75) is 57.5 Å². The van der Waals surface area contributed by atoms with Crippen LogP contribution < -0.4 is 10.6 Å². The van der Waals surface area contributed by atoms with Crippen molar-refractivity contribution in [1.29, 1.82) is 0 Å². The number of carbonyl (C=O) groups is 2. The molecule has 1 aliphatic rings. The van der Waals surface area contributed by atoms with Crippen LogP contribution in [-0.2, 0) is 9.59 Å². The predicted molar refractivity (Wildman–Crippen MR) is 64.7 cm³/mol. The molecule has 17 heavy (non-hydrogen) atoms. The van der Waals surface area contributed by atoms with Gasteiger partial charge < -0.3 is 10.4 Å². The molecule has 0 aromatic rings. The molecule has 5 nitrogen and oxygen atoms in total. The van der Waals surface area contributed by atoms with Crippen LogP contribution in [0.15, 0.2) is 0 Å². The molecular weight excluding hydrogens is 220 g/mol. The van der Waals surface area contributed by atoms with Gasteiger partial charge in [-0.05, 0) is 26.7 Å². The average Bonchev–Trinajstić information content (AvgIpc) is 2.28. The molecule has 1 amide bonds. The Balaban J connectivity index is 2.27. The number of hydrogen-bond donors (Lipinski definition) is 3. The molecule has 0 heterocycles. The van der Waals surface area contributed by atoms with Gasteiger partial charge in [0.2, 0.25) is 5.91 Å². The highest BCUT2D eigenvalue weighted by atomic mass is 16.4. The molecule has 0 spiro atoms. The van der Waals surface area contributed by atoms with E-state index in [-0.39, 0.29) is 18.5 Å². The van der Waals surface area contributed by atoms with Crippen molar-refractivity contribution in [3.63, 3.8) is 0 Å². The standard InChI is InChI=1S/C12H22N2O3/c1-12(2,11(16)17)13-8-10(15)14-9-6-4-3-5-7-9/h9,13H,3-8H2,1-2H3,(H,14,15)(H,16,17). The second-order valence-electron chi connectivity index (χ2n) is 5.19. The monoisotopic (exact) mass is 242 g/mol. The number of carboxylic acids is 1. The summed E-state index contributed by atoms with van der Waals surface area (Å²) in [5.41, 5.74) is -1.07. The Morgan fingerprint density at radius 1 is 1.24 bits per heavy atom. The van der Waals surface area contributed by atoms with Crippen LogP contribution in [0.3, 0.4) is 0 Å². The van der Waals surface area contributed by atoms with E-state index in [0.29, 0.717) is 0 Å². The highest BCUT2D eigenvalue weighted by Crippen LogP contribution is 2.17. The van der Waals surface area contributed by atoms with Gasteiger partial charge in [0.1, 0.15) is 5.54 Å². The first-order chi connectivity index (χ1) is 7.92. The fourth-order valence-corrected chi connectivity index (χ4v) is 1.90. The second-order valence-corrected chi connectivity index (χ2v) is 5.19. The molecule has 1 fully saturated rings. The van der Waals surface area contributed by atoms with Crippen LogP contribution in [0.5, 0.6) is 0 Å². The number of carbonyl (C=O) groups excluding carboxylic acids is 1. The van der Waals surface area contributed by atoms with Gasteiger partial charge in [-0.2, -0.15) is 0 Å². The molecular formula is C12H22N2O3. The van der Waals surface area contributed by atoms with Crippen LogP contribution in [0.2, 0.25) is 0 Å². The molecule has 0 saturated heterocycles. The van der Waals surface area contributed by atoms with Crippen molar-refractivity contribution in [1.82, 2.24) is 10.6 Å². The Morgan fingerprint density at radius 3 is 2.35 bits per heavy atom. The lowest BCUT2D eigenvalue weighted by molar-refractivity contribution is -0.143. The van der Waals surface area contributed by atoms with Crippen LogP contribution in [-0.4, -0.2) is 35.1 Å². The fourth-order valence-electron chi connectivity index (χ4n) is 1.90. The number of carboxylic acid groups (broad SMARTS) is 1. The first kappa shape index (κ1) is 14.0. The summed E-state index contributed by atoms with van der Waals surface area (Å²) >= 11 is 0. The van der Waals surface area contributed by atoms with E-state index in [1.807, 2.05) is 0 Å². The summed E-state index contributed by atoms with van der Waals surface area (Å²) in [5.74, 6) is -1.07. The molecule has 0 atom stereocenters. The van der Waals surface area contributed by atoms with Gasteiger partial charge in [0.15, 0.2) is 0 Å². The highest BCUT2D eigenvalue weighted by molar-refractivity contribution is 5.81. The van der Waals surface area contributed by atoms with Gasteiger partial charge in [-0.1, -0.05) is 19.3 Å². The van der Waals surface area contributed by atoms with Gasteiger partial charge in [-0.3, -0.25) is 14.9 Å². The number of aliphatic carboxylic acids is 1. The summed E-state index contributed by atoms with van der Waals surface area (Å²) in [6.45, 7) is 3.14. The quantitative estimate of drug-likeness (QED) is 0.669. The van der Waals surface area contributed by atoms with Crippen LogP contribution in [0.4, 0.5) is 0 Å². The summed E-state index contributed by atoms with van der Waals surface area (Å²) in [6.07, 6.45) is 5.65. The lowest BCUT2D eigenvalue weighted by atomic mass is 9.95. The molecule has 1 aliphatic carbocycles. The van der Waals surface area contributed by atoms with Crippen molar-refractivity contribution in [2.75, 3.05) is 6.54 Å². The minimum absolute atomic E-state index is 0.0514. The molecule has 0 bridgehead atoms. The molecule has 98 valence electrons. The summed E-state index contributed by atoms with van der Waals surface area (Å²) in [6, 6.07) is 0.269. The number of nitrogens with one attached hydrogen (secondary N) is 2. The Morgan fingerprint density at radius 2 is 1.82 bits per heavy atom. The fraction of sp³-hybridized carbons (Fsp3) is 0.833. The van der Waals surface area contributed by atoms with Gasteiger partial charge >= 0.3 is 5.97 Å². The smallest absolute Gasteiger partial charge is 0.323 e. The van der Waals surface area contributed by atoms with E-state index in [1.165, 1.54) is 19.3 Å². The van der Waals surface area contributed by atoms with Gasteiger partial charge in [0.25, 0.3) is 0 Å². The zero-order valence-electron chi connectivity index (χ0n) is 10.6. The Labute approximate surface area is 102 Å². The van der Waals surface area contributed by atoms with Gasteiger partial charge in [-0.15, -0.1) is 0 Å². The van der Waals surface area contributed by atoms with Gasteiger partial charge in [0, 0.05) is 6.04 Å². The maximum absolute atomic E-state index is 11.6. The molecule has 0 aromatic heterocycles. The third-order valence-corrected chi connectivity index (χ3v) is 3.20. The third kappa shape index (κ3) is 4.73. The number of rotatable bonds is 5. The van der Waals surface area contributed by atoms with Crippen molar-refractivity contribution in [3.8, 4) is 0 Å². The predicted octanol–water partition coefficient (Wildman–Crippen LogP) is 0.888. The summed E-state index contributed by atoms with van der Waals surface area (Å²) in [5, 5.41) is 14.6. The lowest BCUT2D eigenvalue weighted by Gasteiger charge is -2.25. The van der Waals surface area contributed by atoms with Crippen LogP contribution in [0.25, 0.3) is 0 Å². The van der Waals surface area contributed by atoms with Crippen LogP contribution in [0.1, 0.15) is 46.0 Å². The van der Waals surface area contributed by atoms with E-state index >= 15 is 0 Å². The molecule has 0 aliphatic heterocycles. The molecule has 1 rings (SSSR count). The normalized spacial score (nSPS) is 17.8. The van der Waals surface area contributed by atoms with E-state index in [1.54, 1.807) is 13.8 Å². The maximum Gasteiger partial charge on any atom is 0.323 e. The third-order valence-electron chi connectivity index (χ3n) is 3.20. The maximum atomic E-state index is 11.6. The molecule has 0 radical (unpaired) electrons. The largest absolute Gasteiger partial charge is 0.480 e. The van der Waals surface area contributed by atoms with E-state index in [0.717, 1.165) is 12.8 Å². The minimum Gasteiger partial charge on any atom is -0.480 e. The van der Waals surface area contributed by atoms with Crippen molar-refractivity contribution in [2.24, 2.45) is 0 Å². The lowest BCUT2D eigenvalue weighted by Crippen LogP contribution is -2.51. The van der Waals surface area contributed by atoms with Crippen LogP contribution >= 0.6 is 0 Å². The molecule has 0 aromatic carbocycles. The van der Waals surface area contributed by atoms with E-state index in [4.69, 9.17) is 5.11 Å². The van der Waals surface area contributed by atoms with E-state index in [9.17, 15) is 9.59 Å². The minimum atomic E-state index is -1.07. The Bertz CT molecular complexity index is 283. The van der Waals surface area contributed by atoms with Gasteiger partial charge in [-0.25, -0.2) is 0 Å². The summed E-state index contributed by atoms with van der Waals surface area (Å²) in [7, 11) is 0. The topological polar surface area (TPSA) is 78.4 Å². The average molecular weight is 242 g/mol. The first-order valence-corrected chi connectivity index (χ1v) is 6.19. The van der Waals surface area contributed by atoms with Crippen molar-refractivity contribution in [3.05, 3.63) is 0 Å². The number of amides is 1. The molecule has 0 unspecified atom stereocenters. The van der Waals surface area contributed by atoms with E-state index in [2.05, 4.69) is 10.6 Å². The summed E-state index contributed by atoms with van der Waals surface area (Å²) < 4.78 is 0. The zero-order valence-corrected chi connectivity index (χ0v) is 10.6. The van der Waals surface area contributed by atoms with Gasteiger partial charge in [0.05, 0.1) is 6.54 Å². The molecule has 3 N–H and O–H groups in total.